The van der Waals surface area contributed by atoms with Gasteiger partial charge in [-0.2, -0.15) is 0 Å². The van der Waals surface area contributed by atoms with Crippen LogP contribution in [0.4, 0.5) is 4.39 Å². The van der Waals surface area contributed by atoms with Crippen LogP contribution in [0.2, 0.25) is 0 Å². The Morgan fingerprint density at radius 1 is 1.12 bits per heavy atom. The lowest BCUT2D eigenvalue weighted by molar-refractivity contribution is -0.140. The van der Waals surface area contributed by atoms with E-state index in [0.717, 1.165) is 51.3 Å². The van der Waals surface area contributed by atoms with Crippen LogP contribution in [0.5, 0.6) is 0 Å². The first-order valence-electron chi connectivity index (χ1n) is 9.77. The van der Waals surface area contributed by atoms with Crippen molar-refractivity contribution >= 4 is 5.91 Å². The molecule has 3 saturated heterocycles. The molecule has 1 aromatic rings. The molecular weight excluding hydrogens is 333 g/mol. The summed E-state index contributed by atoms with van der Waals surface area (Å²) in [5.41, 5.74) is 0.363. The van der Waals surface area contributed by atoms with E-state index in [1.54, 1.807) is 12.1 Å². The van der Waals surface area contributed by atoms with Gasteiger partial charge in [-0.25, -0.2) is 4.39 Å². The minimum Gasteiger partial charge on any atom is -0.381 e. The molecule has 1 N–H and O–H groups in total. The lowest BCUT2D eigenvalue weighted by Gasteiger charge is -2.39. The molecule has 1 unspecified atom stereocenters. The Kier molecular flexibility index (Phi) is 5.25. The molecule has 0 aliphatic carbocycles. The third-order valence-electron chi connectivity index (χ3n) is 6.27. The molecule has 142 valence electrons. The Morgan fingerprint density at radius 2 is 1.81 bits per heavy atom. The standard InChI is InChI=1S/C20H28FN3O2/c21-17-3-1-16(2-4-17)20(6-13-26-14-7-20)19(25)24-10-5-18(15-24)23-11-8-22-9-12-23/h1-4,18,22H,5-15H2. The zero-order valence-electron chi connectivity index (χ0n) is 15.3. The smallest absolute Gasteiger partial charge is 0.233 e. The fraction of sp³-hybridized carbons (Fsp3) is 0.650. The molecule has 1 aromatic carbocycles. The molecule has 1 atom stereocenters. The second-order valence-corrected chi connectivity index (χ2v) is 7.68. The van der Waals surface area contributed by atoms with Crippen LogP contribution in [0.15, 0.2) is 24.3 Å². The highest BCUT2D eigenvalue weighted by atomic mass is 19.1. The number of halogens is 1. The molecular formula is C20H28FN3O2. The predicted molar refractivity (Wildman–Crippen MR) is 97.6 cm³/mol. The van der Waals surface area contributed by atoms with Crippen molar-refractivity contribution in [3.05, 3.63) is 35.6 Å². The number of hydrogen-bond donors (Lipinski definition) is 1. The molecule has 3 aliphatic rings. The van der Waals surface area contributed by atoms with E-state index in [1.807, 2.05) is 4.90 Å². The number of ether oxygens (including phenoxy) is 1. The minimum atomic E-state index is -0.565. The number of piperazine rings is 1. The van der Waals surface area contributed by atoms with Gasteiger partial charge in [0.05, 0.1) is 5.41 Å². The van der Waals surface area contributed by atoms with Gasteiger partial charge in [0, 0.05) is 58.5 Å². The molecule has 0 radical (unpaired) electrons. The summed E-state index contributed by atoms with van der Waals surface area (Å²) in [4.78, 5) is 18.1. The number of rotatable bonds is 3. The van der Waals surface area contributed by atoms with E-state index in [1.165, 1.54) is 12.1 Å². The van der Waals surface area contributed by atoms with Crippen LogP contribution in [0, 0.1) is 5.82 Å². The van der Waals surface area contributed by atoms with E-state index >= 15 is 0 Å². The maximum atomic E-state index is 13.6. The largest absolute Gasteiger partial charge is 0.381 e. The van der Waals surface area contributed by atoms with E-state index in [2.05, 4.69) is 10.2 Å². The van der Waals surface area contributed by atoms with Gasteiger partial charge in [0.2, 0.25) is 5.91 Å². The molecule has 6 heteroatoms. The monoisotopic (exact) mass is 361 g/mol. The first-order valence-corrected chi connectivity index (χ1v) is 9.77. The molecule has 0 spiro atoms. The fourth-order valence-electron chi connectivity index (χ4n) is 4.69. The normalized spacial score (nSPS) is 26.8. The van der Waals surface area contributed by atoms with Crippen molar-refractivity contribution in [2.75, 3.05) is 52.5 Å². The quantitative estimate of drug-likeness (QED) is 0.884. The maximum Gasteiger partial charge on any atom is 0.233 e. The Balaban J connectivity index is 1.52. The number of likely N-dealkylation sites (tertiary alicyclic amines) is 1. The molecule has 0 aromatic heterocycles. The zero-order valence-corrected chi connectivity index (χ0v) is 15.3. The fourth-order valence-corrected chi connectivity index (χ4v) is 4.69. The summed E-state index contributed by atoms with van der Waals surface area (Å²) < 4.78 is 18.9. The van der Waals surface area contributed by atoms with Gasteiger partial charge in [0.15, 0.2) is 0 Å². The third-order valence-corrected chi connectivity index (χ3v) is 6.27. The van der Waals surface area contributed by atoms with Crippen LogP contribution >= 0.6 is 0 Å². The molecule has 0 bridgehead atoms. The van der Waals surface area contributed by atoms with E-state index in [9.17, 15) is 9.18 Å². The summed E-state index contributed by atoms with van der Waals surface area (Å²) in [6.45, 7) is 6.96. The van der Waals surface area contributed by atoms with Crippen molar-refractivity contribution in [3.8, 4) is 0 Å². The summed E-state index contributed by atoms with van der Waals surface area (Å²) in [6.07, 6.45) is 2.39. The van der Waals surface area contributed by atoms with Crippen LogP contribution in [0.3, 0.4) is 0 Å². The van der Waals surface area contributed by atoms with Crippen LogP contribution in [-0.2, 0) is 14.9 Å². The molecule has 5 nitrogen and oxygen atoms in total. The van der Waals surface area contributed by atoms with E-state index in [4.69, 9.17) is 4.74 Å². The number of nitrogens with one attached hydrogen (secondary N) is 1. The Bertz CT molecular complexity index is 624. The summed E-state index contributed by atoms with van der Waals surface area (Å²) in [7, 11) is 0. The predicted octanol–water partition coefficient (Wildman–Crippen LogP) is 1.38. The highest BCUT2D eigenvalue weighted by molar-refractivity contribution is 5.88. The van der Waals surface area contributed by atoms with Gasteiger partial charge in [-0.05, 0) is 37.0 Å². The van der Waals surface area contributed by atoms with Gasteiger partial charge < -0.3 is 15.0 Å². The molecule has 0 saturated carbocycles. The van der Waals surface area contributed by atoms with Crippen molar-refractivity contribution in [2.45, 2.75) is 30.7 Å². The second kappa shape index (κ2) is 7.62. The van der Waals surface area contributed by atoms with Crippen molar-refractivity contribution in [1.29, 1.82) is 0 Å². The summed E-state index contributed by atoms with van der Waals surface area (Å²) in [6, 6.07) is 6.96. The number of benzene rings is 1. The van der Waals surface area contributed by atoms with Crippen LogP contribution in [0.25, 0.3) is 0 Å². The second-order valence-electron chi connectivity index (χ2n) is 7.68. The molecule has 4 rings (SSSR count). The number of carbonyl (C=O) groups excluding carboxylic acids is 1. The SMILES string of the molecule is O=C(N1CCC(N2CCNCC2)C1)C1(c2ccc(F)cc2)CCOCC1. The molecule has 3 aliphatic heterocycles. The van der Waals surface area contributed by atoms with Crippen LogP contribution in [-0.4, -0.2) is 74.2 Å². The van der Waals surface area contributed by atoms with E-state index in [0.29, 0.717) is 32.1 Å². The van der Waals surface area contributed by atoms with Crippen molar-refractivity contribution in [2.24, 2.45) is 0 Å². The van der Waals surface area contributed by atoms with Crippen molar-refractivity contribution in [3.63, 3.8) is 0 Å². The van der Waals surface area contributed by atoms with Crippen LogP contribution in [0.1, 0.15) is 24.8 Å². The van der Waals surface area contributed by atoms with Gasteiger partial charge in [-0.3, -0.25) is 9.69 Å². The first-order chi connectivity index (χ1) is 12.7. The maximum absolute atomic E-state index is 13.6. The average molecular weight is 361 g/mol. The van der Waals surface area contributed by atoms with E-state index in [-0.39, 0.29) is 11.7 Å². The number of amides is 1. The first kappa shape index (κ1) is 17.9. The van der Waals surface area contributed by atoms with Gasteiger partial charge in [0.25, 0.3) is 0 Å². The summed E-state index contributed by atoms with van der Waals surface area (Å²) in [5.74, 6) is -0.0617. The lowest BCUT2D eigenvalue weighted by atomic mass is 9.73. The molecule has 26 heavy (non-hydrogen) atoms. The highest BCUT2D eigenvalue weighted by Crippen LogP contribution is 2.38. The van der Waals surface area contributed by atoms with Crippen LogP contribution < -0.4 is 5.32 Å². The van der Waals surface area contributed by atoms with E-state index < -0.39 is 5.41 Å². The van der Waals surface area contributed by atoms with Gasteiger partial charge in [-0.1, -0.05) is 12.1 Å². The number of hydrogen-bond acceptors (Lipinski definition) is 4. The zero-order chi connectivity index (χ0) is 18.0. The topological polar surface area (TPSA) is 44.8 Å². The average Bonchev–Trinajstić information content (AvgIpc) is 3.19. The molecule has 1 amide bonds. The van der Waals surface area contributed by atoms with Gasteiger partial charge in [0.1, 0.15) is 5.82 Å². The Labute approximate surface area is 154 Å². The highest BCUT2D eigenvalue weighted by Gasteiger charge is 2.46. The van der Waals surface area contributed by atoms with Crippen molar-refractivity contribution < 1.29 is 13.9 Å². The van der Waals surface area contributed by atoms with Gasteiger partial charge >= 0.3 is 0 Å². The molecule has 3 fully saturated rings. The lowest BCUT2D eigenvalue weighted by Crippen LogP contribution is -2.52. The Morgan fingerprint density at radius 3 is 2.50 bits per heavy atom. The van der Waals surface area contributed by atoms with Gasteiger partial charge in [-0.15, -0.1) is 0 Å². The van der Waals surface area contributed by atoms with Crippen molar-refractivity contribution in [1.82, 2.24) is 15.1 Å². The minimum absolute atomic E-state index is 0.199. The molecule has 3 heterocycles. The number of nitrogens with zero attached hydrogens (tertiary/aromatic N) is 2. The number of carbonyl (C=O) groups is 1. The summed E-state index contributed by atoms with van der Waals surface area (Å²) in [5, 5.41) is 3.39. The Hall–Kier alpha value is -1.50. The summed E-state index contributed by atoms with van der Waals surface area (Å²) >= 11 is 0. The third kappa shape index (κ3) is 3.38.